The first-order chi connectivity index (χ1) is 14.8. The monoisotopic (exact) mass is 443 g/mol. The van der Waals surface area contributed by atoms with E-state index in [1.807, 2.05) is 36.1 Å². The standard InChI is InChI=1S/C24H30ClN3O3/c1-17(2)14-24(30)28-12-10-27(11-13-28)21-7-5-20(6-8-21)26-23(29)16-31-22-9-4-19(25)15-18(22)3/h4-9,15,17H,10-14,16H2,1-3H3,(H,26,29). The van der Waals surface area contributed by atoms with Crippen LogP contribution in [0.4, 0.5) is 11.4 Å². The van der Waals surface area contributed by atoms with Gasteiger partial charge in [0.05, 0.1) is 0 Å². The van der Waals surface area contributed by atoms with Crippen molar-refractivity contribution in [1.82, 2.24) is 4.90 Å². The molecule has 0 aliphatic carbocycles. The predicted octanol–water partition coefficient (Wildman–Crippen LogP) is 4.36. The maximum Gasteiger partial charge on any atom is 0.262 e. The van der Waals surface area contributed by atoms with Crippen LogP contribution in [0.25, 0.3) is 0 Å². The van der Waals surface area contributed by atoms with Gasteiger partial charge in [-0.2, -0.15) is 0 Å². The second-order valence-corrected chi connectivity index (χ2v) is 8.70. The van der Waals surface area contributed by atoms with Gasteiger partial charge >= 0.3 is 0 Å². The summed E-state index contributed by atoms with van der Waals surface area (Å²) in [5, 5.41) is 3.49. The highest BCUT2D eigenvalue weighted by molar-refractivity contribution is 6.30. The van der Waals surface area contributed by atoms with Crippen LogP contribution in [0.1, 0.15) is 25.8 Å². The molecule has 0 atom stereocenters. The predicted molar refractivity (Wildman–Crippen MR) is 125 cm³/mol. The van der Waals surface area contributed by atoms with Crippen molar-refractivity contribution >= 4 is 34.8 Å². The van der Waals surface area contributed by atoms with Crippen LogP contribution in [0.3, 0.4) is 0 Å². The van der Waals surface area contributed by atoms with E-state index in [2.05, 4.69) is 24.1 Å². The van der Waals surface area contributed by atoms with E-state index in [4.69, 9.17) is 16.3 Å². The Kier molecular flexibility index (Phi) is 7.80. The van der Waals surface area contributed by atoms with Crippen molar-refractivity contribution in [1.29, 1.82) is 0 Å². The van der Waals surface area contributed by atoms with Gasteiger partial charge in [0.25, 0.3) is 5.91 Å². The average molecular weight is 444 g/mol. The number of nitrogens with one attached hydrogen (secondary N) is 1. The highest BCUT2D eigenvalue weighted by atomic mass is 35.5. The highest BCUT2D eigenvalue weighted by Crippen LogP contribution is 2.22. The van der Waals surface area contributed by atoms with Crippen LogP contribution in [0.5, 0.6) is 5.75 Å². The molecule has 1 saturated heterocycles. The van der Waals surface area contributed by atoms with E-state index in [1.165, 1.54) is 0 Å². The van der Waals surface area contributed by atoms with Gasteiger partial charge in [-0.3, -0.25) is 9.59 Å². The zero-order valence-electron chi connectivity index (χ0n) is 18.4. The van der Waals surface area contributed by atoms with E-state index in [1.54, 1.807) is 18.2 Å². The number of benzene rings is 2. The number of aryl methyl sites for hydroxylation is 1. The topological polar surface area (TPSA) is 61.9 Å². The summed E-state index contributed by atoms with van der Waals surface area (Å²) >= 11 is 5.94. The molecule has 2 amide bonds. The lowest BCUT2D eigenvalue weighted by Gasteiger charge is -2.36. The molecule has 1 aliphatic heterocycles. The number of carbonyl (C=O) groups excluding carboxylic acids is 2. The van der Waals surface area contributed by atoms with Crippen molar-refractivity contribution in [3.63, 3.8) is 0 Å². The number of hydrogen-bond acceptors (Lipinski definition) is 4. The highest BCUT2D eigenvalue weighted by Gasteiger charge is 2.21. The van der Waals surface area contributed by atoms with Gasteiger partial charge in [-0.15, -0.1) is 0 Å². The molecule has 7 heteroatoms. The van der Waals surface area contributed by atoms with E-state index in [-0.39, 0.29) is 18.4 Å². The molecule has 166 valence electrons. The zero-order valence-corrected chi connectivity index (χ0v) is 19.1. The van der Waals surface area contributed by atoms with E-state index in [0.717, 1.165) is 43.1 Å². The number of ether oxygens (including phenoxy) is 1. The number of rotatable bonds is 7. The Balaban J connectivity index is 1.47. The maximum atomic E-state index is 12.2. The Morgan fingerprint density at radius 1 is 1.06 bits per heavy atom. The second-order valence-electron chi connectivity index (χ2n) is 8.26. The fourth-order valence-electron chi connectivity index (χ4n) is 3.56. The molecule has 2 aromatic rings. The fraction of sp³-hybridized carbons (Fsp3) is 0.417. The SMILES string of the molecule is Cc1cc(Cl)ccc1OCC(=O)Nc1ccc(N2CCN(C(=O)CC(C)C)CC2)cc1. The molecular formula is C24H30ClN3O3. The number of piperazine rings is 1. The van der Waals surface area contributed by atoms with E-state index >= 15 is 0 Å². The molecule has 31 heavy (non-hydrogen) atoms. The van der Waals surface area contributed by atoms with Gasteiger partial charge in [0.15, 0.2) is 6.61 Å². The third-order valence-electron chi connectivity index (χ3n) is 5.23. The van der Waals surface area contributed by atoms with Gasteiger partial charge in [0, 0.05) is 49.0 Å². The molecule has 1 aliphatic rings. The van der Waals surface area contributed by atoms with Gasteiger partial charge in [-0.1, -0.05) is 25.4 Å². The number of anilines is 2. The molecule has 0 spiro atoms. The molecule has 2 aromatic carbocycles. The van der Waals surface area contributed by atoms with Crippen LogP contribution in [-0.2, 0) is 9.59 Å². The maximum absolute atomic E-state index is 12.2. The van der Waals surface area contributed by atoms with Gasteiger partial charge in [0.2, 0.25) is 5.91 Å². The van der Waals surface area contributed by atoms with Gasteiger partial charge < -0.3 is 19.9 Å². The lowest BCUT2D eigenvalue weighted by atomic mass is 10.1. The van der Waals surface area contributed by atoms with Crippen molar-refractivity contribution < 1.29 is 14.3 Å². The molecule has 0 aromatic heterocycles. The summed E-state index contributed by atoms with van der Waals surface area (Å²) in [7, 11) is 0. The van der Waals surface area contributed by atoms with Crippen LogP contribution in [0.2, 0.25) is 5.02 Å². The first kappa shape index (κ1) is 22.9. The van der Waals surface area contributed by atoms with Crippen molar-refractivity contribution in [2.24, 2.45) is 5.92 Å². The quantitative estimate of drug-likeness (QED) is 0.690. The largest absolute Gasteiger partial charge is 0.483 e. The molecule has 1 heterocycles. The van der Waals surface area contributed by atoms with Crippen LogP contribution < -0.4 is 15.0 Å². The minimum Gasteiger partial charge on any atom is -0.483 e. The Labute approximate surface area is 189 Å². The molecule has 1 N–H and O–H groups in total. The molecule has 0 bridgehead atoms. The van der Waals surface area contributed by atoms with Crippen LogP contribution >= 0.6 is 11.6 Å². The number of amides is 2. The number of nitrogens with zero attached hydrogens (tertiary/aromatic N) is 2. The number of halogens is 1. The van der Waals surface area contributed by atoms with Crippen LogP contribution in [0, 0.1) is 12.8 Å². The molecule has 3 rings (SSSR count). The summed E-state index contributed by atoms with van der Waals surface area (Å²) in [5.74, 6) is 1.04. The summed E-state index contributed by atoms with van der Waals surface area (Å²) in [6.45, 7) is 9.05. The molecule has 6 nitrogen and oxygen atoms in total. The Morgan fingerprint density at radius 3 is 2.35 bits per heavy atom. The van der Waals surface area contributed by atoms with Crippen LogP contribution in [-0.4, -0.2) is 49.5 Å². The summed E-state index contributed by atoms with van der Waals surface area (Å²) in [5.41, 5.74) is 2.69. The third-order valence-corrected chi connectivity index (χ3v) is 5.46. The molecular weight excluding hydrogens is 414 g/mol. The lowest BCUT2D eigenvalue weighted by Crippen LogP contribution is -2.49. The Morgan fingerprint density at radius 2 is 1.74 bits per heavy atom. The second kappa shape index (κ2) is 10.5. The van der Waals surface area contributed by atoms with Crippen LogP contribution in [0.15, 0.2) is 42.5 Å². The smallest absolute Gasteiger partial charge is 0.262 e. The van der Waals surface area contributed by atoms with E-state index in [9.17, 15) is 9.59 Å². The minimum absolute atomic E-state index is 0.0728. The first-order valence-electron chi connectivity index (χ1n) is 10.6. The number of carbonyl (C=O) groups is 2. The minimum atomic E-state index is -0.223. The first-order valence-corrected chi connectivity index (χ1v) is 11.0. The van der Waals surface area contributed by atoms with Gasteiger partial charge in [-0.05, 0) is 60.9 Å². The Hall–Kier alpha value is -2.73. The molecule has 0 radical (unpaired) electrons. The Bertz CT molecular complexity index is 907. The van der Waals surface area contributed by atoms with Gasteiger partial charge in [-0.25, -0.2) is 0 Å². The third kappa shape index (κ3) is 6.62. The summed E-state index contributed by atoms with van der Waals surface area (Å²) < 4.78 is 5.59. The van der Waals surface area contributed by atoms with E-state index < -0.39 is 0 Å². The molecule has 0 saturated carbocycles. The van der Waals surface area contributed by atoms with E-state index in [0.29, 0.717) is 23.1 Å². The normalized spacial score (nSPS) is 14.0. The fourth-order valence-corrected chi connectivity index (χ4v) is 3.79. The lowest BCUT2D eigenvalue weighted by molar-refractivity contribution is -0.132. The molecule has 0 unspecified atom stereocenters. The summed E-state index contributed by atoms with van der Waals surface area (Å²) in [4.78, 5) is 28.7. The van der Waals surface area contributed by atoms with Crippen molar-refractivity contribution in [3.05, 3.63) is 53.1 Å². The summed E-state index contributed by atoms with van der Waals surface area (Å²) in [6.07, 6.45) is 0.607. The number of hydrogen-bond donors (Lipinski definition) is 1. The zero-order chi connectivity index (χ0) is 22.4. The summed E-state index contributed by atoms with van der Waals surface area (Å²) in [6, 6.07) is 13.1. The van der Waals surface area contributed by atoms with Crippen molar-refractivity contribution in [2.75, 3.05) is 43.0 Å². The molecule has 1 fully saturated rings. The van der Waals surface area contributed by atoms with Crippen molar-refractivity contribution in [3.8, 4) is 5.75 Å². The van der Waals surface area contributed by atoms with Gasteiger partial charge in [0.1, 0.15) is 5.75 Å². The average Bonchev–Trinajstić information content (AvgIpc) is 2.73. The van der Waals surface area contributed by atoms with Crippen molar-refractivity contribution in [2.45, 2.75) is 27.2 Å².